The van der Waals surface area contributed by atoms with Crippen LogP contribution in [0.2, 0.25) is 0 Å². The SMILES string of the molecule is C=C(NC(C)(C)c1ncc(N2CCCCC2)s1)C1=CC2Nc3ccccc3C(=O)C2C=C1P. The Morgan fingerprint density at radius 1 is 1.24 bits per heavy atom. The number of Topliss-reactive ketones (excluding diaryl/α,β-unsaturated/α-hetero) is 1. The first-order valence-electron chi connectivity index (χ1n) is 11.6. The van der Waals surface area contributed by atoms with Crippen molar-refractivity contribution < 1.29 is 4.79 Å². The third-order valence-electron chi connectivity index (χ3n) is 6.71. The Morgan fingerprint density at radius 2 is 2.00 bits per heavy atom. The number of allylic oxidation sites excluding steroid dienone is 1. The lowest BCUT2D eigenvalue weighted by Crippen LogP contribution is -2.40. The molecule has 33 heavy (non-hydrogen) atoms. The number of carbonyl (C=O) groups is 1. The minimum absolute atomic E-state index is 0.0843. The van der Waals surface area contributed by atoms with Gasteiger partial charge in [0.05, 0.1) is 23.7 Å². The largest absolute Gasteiger partial charge is 0.377 e. The van der Waals surface area contributed by atoms with E-state index in [1.165, 1.54) is 24.3 Å². The van der Waals surface area contributed by atoms with E-state index in [1.54, 1.807) is 11.3 Å². The smallest absolute Gasteiger partial charge is 0.174 e. The number of nitrogens with zero attached hydrogens (tertiary/aromatic N) is 2. The fourth-order valence-corrected chi connectivity index (χ4v) is 6.41. The van der Waals surface area contributed by atoms with Crippen molar-refractivity contribution in [1.29, 1.82) is 0 Å². The molecule has 1 saturated heterocycles. The fourth-order valence-electron chi connectivity index (χ4n) is 4.91. The van der Waals surface area contributed by atoms with Gasteiger partial charge in [0, 0.05) is 35.6 Å². The van der Waals surface area contributed by atoms with Crippen LogP contribution in [-0.4, -0.2) is 29.9 Å². The summed E-state index contributed by atoms with van der Waals surface area (Å²) in [6.07, 6.45) is 10.0. The van der Waals surface area contributed by atoms with Crippen LogP contribution in [0, 0.1) is 5.92 Å². The lowest BCUT2D eigenvalue weighted by Gasteiger charge is -2.35. The molecule has 2 aromatic rings. The van der Waals surface area contributed by atoms with Crippen molar-refractivity contribution in [2.75, 3.05) is 23.3 Å². The van der Waals surface area contributed by atoms with Gasteiger partial charge in [0.1, 0.15) is 10.0 Å². The number of fused-ring (bicyclic) bond motifs is 2. The summed E-state index contributed by atoms with van der Waals surface area (Å²) >= 11 is 1.76. The maximum Gasteiger partial charge on any atom is 0.174 e. The van der Waals surface area contributed by atoms with Crippen LogP contribution in [-0.2, 0) is 5.54 Å². The van der Waals surface area contributed by atoms with Crippen LogP contribution in [0.1, 0.15) is 48.5 Å². The van der Waals surface area contributed by atoms with E-state index < -0.39 is 0 Å². The highest BCUT2D eigenvalue weighted by molar-refractivity contribution is 7.23. The number of nitrogens with one attached hydrogen (secondary N) is 2. The summed E-state index contributed by atoms with van der Waals surface area (Å²) in [6, 6.07) is 7.65. The first-order valence-corrected chi connectivity index (χ1v) is 13.0. The normalized spacial score (nSPS) is 22.5. The number of rotatable bonds is 5. The number of anilines is 2. The summed E-state index contributed by atoms with van der Waals surface area (Å²) in [5, 5.41) is 10.4. The van der Waals surface area contributed by atoms with Crippen LogP contribution >= 0.6 is 20.6 Å². The summed E-state index contributed by atoms with van der Waals surface area (Å²) < 4.78 is 0. The van der Waals surface area contributed by atoms with Gasteiger partial charge in [0.25, 0.3) is 0 Å². The monoisotopic (exact) mass is 478 g/mol. The second-order valence-corrected chi connectivity index (χ2v) is 11.2. The van der Waals surface area contributed by atoms with Crippen LogP contribution < -0.4 is 15.5 Å². The molecule has 5 nitrogen and oxygen atoms in total. The molecule has 1 aromatic heterocycles. The number of aromatic nitrogens is 1. The highest BCUT2D eigenvalue weighted by Crippen LogP contribution is 2.39. The zero-order chi connectivity index (χ0) is 23.2. The number of hydrogen-bond acceptors (Lipinski definition) is 6. The molecule has 3 unspecified atom stereocenters. The molecular formula is C26H31N4OPS. The molecule has 5 rings (SSSR count). The van der Waals surface area contributed by atoms with Crippen molar-refractivity contribution in [3.05, 3.63) is 76.3 Å². The van der Waals surface area contributed by atoms with Crippen LogP contribution in [0.25, 0.3) is 0 Å². The van der Waals surface area contributed by atoms with Crippen LogP contribution in [0.4, 0.5) is 10.7 Å². The third-order valence-corrected chi connectivity index (χ3v) is 8.59. The molecule has 1 fully saturated rings. The Hall–Kier alpha value is -2.43. The maximum absolute atomic E-state index is 13.0. The average molecular weight is 479 g/mol. The van der Waals surface area contributed by atoms with E-state index in [0.29, 0.717) is 0 Å². The number of ketones is 1. The topological polar surface area (TPSA) is 57.3 Å². The van der Waals surface area contributed by atoms with Gasteiger partial charge < -0.3 is 15.5 Å². The first kappa shape index (κ1) is 22.4. The number of hydrogen-bond donors (Lipinski definition) is 2. The van der Waals surface area contributed by atoms with Crippen molar-refractivity contribution in [2.45, 2.75) is 44.7 Å². The van der Waals surface area contributed by atoms with Crippen molar-refractivity contribution in [2.24, 2.45) is 5.92 Å². The van der Waals surface area contributed by atoms with Crippen molar-refractivity contribution in [3.63, 3.8) is 0 Å². The molecule has 1 aliphatic carbocycles. The van der Waals surface area contributed by atoms with Crippen molar-refractivity contribution in [3.8, 4) is 0 Å². The van der Waals surface area contributed by atoms with Gasteiger partial charge >= 0.3 is 0 Å². The highest BCUT2D eigenvalue weighted by atomic mass is 32.1. The molecule has 7 heteroatoms. The molecule has 0 saturated carbocycles. The van der Waals surface area contributed by atoms with Gasteiger partial charge in [0.2, 0.25) is 0 Å². The van der Waals surface area contributed by atoms with Crippen molar-refractivity contribution in [1.82, 2.24) is 10.3 Å². The fraction of sp³-hybridized carbons (Fsp3) is 0.385. The Labute approximate surface area is 202 Å². The van der Waals surface area contributed by atoms with E-state index in [9.17, 15) is 4.79 Å². The Morgan fingerprint density at radius 3 is 2.79 bits per heavy atom. The van der Waals surface area contributed by atoms with Crippen LogP contribution in [0.5, 0.6) is 0 Å². The van der Waals surface area contributed by atoms with Gasteiger partial charge in [-0.2, -0.15) is 0 Å². The second-order valence-electron chi connectivity index (χ2n) is 9.59. The molecule has 0 bridgehead atoms. The summed E-state index contributed by atoms with van der Waals surface area (Å²) in [7, 11) is 2.79. The molecule has 1 aromatic carbocycles. The van der Waals surface area contributed by atoms with E-state index >= 15 is 0 Å². The molecule has 3 atom stereocenters. The van der Waals surface area contributed by atoms with Gasteiger partial charge in [-0.3, -0.25) is 4.79 Å². The predicted octanol–water partition coefficient (Wildman–Crippen LogP) is 5.46. The number of piperidine rings is 1. The summed E-state index contributed by atoms with van der Waals surface area (Å²) in [4.78, 5) is 20.3. The lowest BCUT2D eigenvalue weighted by atomic mass is 9.81. The number of thiazole rings is 1. The molecule has 3 heterocycles. The standard InChI is InChI=1S/C26H31N4OPS/c1-16(29-26(2,3)25-27-15-23(33-25)30-11-7-4-8-12-30)18-13-21-19(14-22(18)32)24(31)17-9-5-6-10-20(17)28-21/h5-6,9-10,13-15,19,21,28-29H,1,4,7-8,11-12,32H2,2-3H3. The van der Waals surface area contributed by atoms with E-state index in [0.717, 1.165) is 45.9 Å². The summed E-state index contributed by atoms with van der Waals surface area (Å²) in [5.41, 5.74) is 3.15. The molecular weight excluding hydrogens is 447 g/mol. The molecule has 0 radical (unpaired) electrons. The lowest BCUT2D eigenvalue weighted by molar-refractivity contribution is 0.0935. The maximum atomic E-state index is 13.0. The average Bonchev–Trinajstić information content (AvgIpc) is 3.31. The summed E-state index contributed by atoms with van der Waals surface area (Å²) in [6.45, 7) is 10.9. The molecule has 0 spiro atoms. The van der Waals surface area contributed by atoms with Gasteiger partial charge in [-0.25, -0.2) is 4.98 Å². The van der Waals surface area contributed by atoms with Gasteiger partial charge in [-0.05, 0) is 50.6 Å². The van der Waals surface area contributed by atoms with Gasteiger partial charge in [-0.1, -0.05) is 42.2 Å². The zero-order valence-corrected chi connectivity index (χ0v) is 21.2. The molecule has 0 amide bonds. The molecule has 3 aliphatic rings. The van der Waals surface area contributed by atoms with Crippen LogP contribution in [0.15, 0.2) is 65.8 Å². The number of benzene rings is 1. The number of para-hydroxylation sites is 1. The highest BCUT2D eigenvalue weighted by Gasteiger charge is 2.36. The minimum Gasteiger partial charge on any atom is -0.377 e. The second kappa shape index (κ2) is 8.73. The summed E-state index contributed by atoms with van der Waals surface area (Å²) in [5.74, 6) is -0.0421. The molecule has 2 N–H and O–H groups in total. The van der Waals surface area contributed by atoms with Gasteiger partial charge in [0.15, 0.2) is 5.78 Å². The third kappa shape index (κ3) is 4.27. The molecule has 2 aliphatic heterocycles. The Kier molecular flexibility index (Phi) is 5.92. The quantitative estimate of drug-likeness (QED) is 0.559. The zero-order valence-electron chi connectivity index (χ0n) is 19.2. The predicted molar refractivity (Wildman–Crippen MR) is 141 cm³/mol. The van der Waals surface area contributed by atoms with E-state index in [-0.39, 0.29) is 23.3 Å². The first-order chi connectivity index (χ1) is 15.8. The van der Waals surface area contributed by atoms with Crippen molar-refractivity contribution >= 4 is 37.0 Å². The van der Waals surface area contributed by atoms with E-state index in [4.69, 9.17) is 4.98 Å². The van der Waals surface area contributed by atoms with E-state index in [2.05, 4.69) is 51.3 Å². The Bertz CT molecular complexity index is 1160. The molecule has 172 valence electrons. The Balaban J connectivity index is 1.34. The van der Waals surface area contributed by atoms with Gasteiger partial charge in [-0.15, -0.1) is 9.24 Å². The van der Waals surface area contributed by atoms with Crippen LogP contribution in [0.3, 0.4) is 0 Å². The minimum atomic E-state index is -0.360. The number of carbonyl (C=O) groups excluding carboxylic acids is 1. The van der Waals surface area contributed by atoms with E-state index in [1.807, 2.05) is 36.5 Å².